The first-order chi connectivity index (χ1) is 18.5. The molecule has 1 saturated heterocycles. The molecule has 1 aliphatic rings. The molecule has 2 atom stereocenters. The fourth-order valence-corrected chi connectivity index (χ4v) is 4.60. The van der Waals surface area contributed by atoms with E-state index in [1.807, 2.05) is 0 Å². The zero-order chi connectivity index (χ0) is 28.3. The van der Waals surface area contributed by atoms with E-state index in [1.165, 1.54) is 32.5 Å². The average molecular weight is 587 g/mol. The second-order valence-electron chi connectivity index (χ2n) is 8.35. The van der Waals surface area contributed by atoms with Crippen LogP contribution in [-0.2, 0) is 9.53 Å². The summed E-state index contributed by atoms with van der Waals surface area (Å²) in [6.45, 7) is 2.55. The SMILES string of the molecule is C=CC(=O)NC1COCC1Nc1ncc2cc(-c3c(Cl)c(OC)cc(OC)c3Cl)nc(NCC(F)(F)F)c2n1. The smallest absolute Gasteiger partial charge is 0.405 e. The Hall–Kier alpha value is -3.55. The highest BCUT2D eigenvalue weighted by Gasteiger charge is 2.31. The van der Waals surface area contributed by atoms with Gasteiger partial charge in [-0.15, -0.1) is 0 Å². The third kappa shape index (κ3) is 6.37. The van der Waals surface area contributed by atoms with Gasteiger partial charge in [-0.2, -0.15) is 13.2 Å². The van der Waals surface area contributed by atoms with Crippen LogP contribution in [0.25, 0.3) is 22.2 Å². The van der Waals surface area contributed by atoms with Crippen molar-refractivity contribution in [1.82, 2.24) is 20.3 Å². The van der Waals surface area contributed by atoms with Gasteiger partial charge < -0.3 is 30.2 Å². The van der Waals surface area contributed by atoms with Crippen molar-refractivity contribution in [1.29, 1.82) is 0 Å². The third-order valence-electron chi connectivity index (χ3n) is 5.76. The molecule has 39 heavy (non-hydrogen) atoms. The molecule has 2 unspecified atom stereocenters. The van der Waals surface area contributed by atoms with E-state index in [-0.39, 0.29) is 69.2 Å². The van der Waals surface area contributed by atoms with Crippen molar-refractivity contribution in [2.75, 3.05) is 44.6 Å². The Morgan fingerprint density at radius 2 is 1.82 bits per heavy atom. The highest BCUT2D eigenvalue weighted by molar-refractivity contribution is 6.41. The lowest BCUT2D eigenvalue weighted by Gasteiger charge is -2.20. The van der Waals surface area contributed by atoms with Crippen molar-refractivity contribution < 1.29 is 32.2 Å². The Morgan fingerprint density at radius 3 is 2.44 bits per heavy atom. The second kappa shape index (κ2) is 11.7. The molecule has 4 rings (SSSR count). The minimum atomic E-state index is -4.54. The Morgan fingerprint density at radius 1 is 1.15 bits per heavy atom. The number of nitrogens with one attached hydrogen (secondary N) is 3. The molecule has 0 radical (unpaired) electrons. The Balaban J connectivity index is 1.78. The van der Waals surface area contributed by atoms with E-state index < -0.39 is 24.8 Å². The van der Waals surface area contributed by atoms with E-state index in [1.54, 1.807) is 0 Å². The number of rotatable bonds is 9. The van der Waals surface area contributed by atoms with Crippen LogP contribution in [0.4, 0.5) is 24.9 Å². The van der Waals surface area contributed by atoms with E-state index in [0.717, 1.165) is 6.08 Å². The number of aromatic nitrogens is 3. The van der Waals surface area contributed by atoms with E-state index in [9.17, 15) is 18.0 Å². The number of ether oxygens (including phenoxy) is 3. The predicted molar refractivity (Wildman–Crippen MR) is 141 cm³/mol. The van der Waals surface area contributed by atoms with Crippen molar-refractivity contribution in [3.05, 3.63) is 41.0 Å². The van der Waals surface area contributed by atoms with E-state index in [2.05, 4.69) is 37.5 Å². The van der Waals surface area contributed by atoms with Gasteiger partial charge in [0.25, 0.3) is 0 Å². The number of anilines is 2. The summed E-state index contributed by atoms with van der Waals surface area (Å²) in [6.07, 6.45) is -1.98. The number of benzene rings is 1. The van der Waals surface area contributed by atoms with Crippen molar-refractivity contribution in [3.63, 3.8) is 0 Å². The zero-order valence-electron chi connectivity index (χ0n) is 20.7. The molecule has 0 saturated carbocycles. The monoisotopic (exact) mass is 586 g/mol. The number of carbonyl (C=O) groups is 1. The molecule has 1 amide bonds. The molecule has 1 aliphatic heterocycles. The number of fused-ring (bicyclic) bond motifs is 1. The number of hydrogen-bond acceptors (Lipinski definition) is 9. The Bertz CT molecular complexity index is 1380. The maximum absolute atomic E-state index is 13.2. The molecule has 1 fully saturated rings. The van der Waals surface area contributed by atoms with Crippen molar-refractivity contribution in [3.8, 4) is 22.8 Å². The average Bonchev–Trinajstić information content (AvgIpc) is 3.33. The quantitative estimate of drug-likeness (QED) is 0.312. The molecule has 3 aromatic rings. The second-order valence-corrected chi connectivity index (χ2v) is 9.10. The van der Waals surface area contributed by atoms with Crippen LogP contribution in [0, 0.1) is 0 Å². The number of nitrogens with zero attached hydrogens (tertiary/aromatic N) is 3. The lowest BCUT2D eigenvalue weighted by atomic mass is 10.1. The molecule has 208 valence electrons. The molecule has 1 aromatic carbocycles. The summed E-state index contributed by atoms with van der Waals surface area (Å²) in [5.41, 5.74) is 0.436. The van der Waals surface area contributed by atoms with Crippen LogP contribution in [-0.4, -0.2) is 73.1 Å². The van der Waals surface area contributed by atoms with Crippen LogP contribution < -0.4 is 25.4 Å². The molecule has 0 spiro atoms. The predicted octanol–water partition coefficient (Wildman–Crippen LogP) is 4.47. The summed E-state index contributed by atoms with van der Waals surface area (Å²) in [6, 6.07) is 2.23. The molecule has 10 nitrogen and oxygen atoms in total. The maximum Gasteiger partial charge on any atom is 0.405 e. The number of halogens is 5. The van der Waals surface area contributed by atoms with Crippen LogP contribution in [0.2, 0.25) is 10.0 Å². The minimum Gasteiger partial charge on any atom is -0.495 e. The lowest BCUT2D eigenvalue weighted by molar-refractivity contribution is -0.117. The molecule has 3 heterocycles. The number of methoxy groups -OCH3 is 2. The molecule has 2 aromatic heterocycles. The molecule has 0 bridgehead atoms. The largest absolute Gasteiger partial charge is 0.495 e. The van der Waals surface area contributed by atoms with Gasteiger partial charge >= 0.3 is 6.18 Å². The van der Waals surface area contributed by atoms with Gasteiger partial charge in [-0.05, 0) is 12.1 Å². The normalized spacial score (nSPS) is 17.1. The lowest BCUT2D eigenvalue weighted by Crippen LogP contribution is -2.45. The van der Waals surface area contributed by atoms with E-state index >= 15 is 0 Å². The summed E-state index contributed by atoms with van der Waals surface area (Å²) in [5.74, 6) is -0.00358. The van der Waals surface area contributed by atoms with Gasteiger partial charge in [-0.3, -0.25) is 4.79 Å². The van der Waals surface area contributed by atoms with Gasteiger partial charge in [0.15, 0.2) is 5.82 Å². The molecule has 0 aliphatic carbocycles. The van der Waals surface area contributed by atoms with Gasteiger partial charge in [0.2, 0.25) is 11.9 Å². The fourth-order valence-electron chi connectivity index (χ4n) is 3.90. The first-order valence-corrected chi connectivity index (χ1v) is 12.2. The first kappa shape index (κ1) is 28.5. The van der Waals surface area contributed by atoms with Crippen molar-refractivity contribution >= 4 is 51.8 Å². The van der Waals surface area contributed by atoms with Gasteiger partial charge in [0.05, 0.1) is 55.3 Å². The Kier molecular flexibility index (Phi) is 8.52. The molecule has 3 N–H and O–H groups in total. The van der Waals surface area contributed by atoms with Gasteiger partial charge in [-0.1, -0.05) is 29.8 Å². The fraction of sp³-hybridized carbons (Fsp3) is 0.333. The van der Waals surface area contributed by atoms with Gasteiger partial charge in [0, 0.05) is 23.2 Å². The summed E-state index contributed by atoms with van der Waals surface area (Å²) in [4.78, 5) is 24.8. The van der Waals surface area contributed by atoms with E-state index in [0.29, 0.717) is 5.39 Å². The van der Waals surface area contributed by atoms with Crippen LogP contribution in [0.3, 0.4) is 0 Å². The third-order valence-corrected chi connectivity index (χ3v) is 6.51. The van der Waals surface area contributed by atoms with Crippen LogP contribution >= 0.6 is 23.2 Å². The Labute approximate surface area is 230 Å². The first-order valence-electron chi connectivity index (χ1n) is 11.4. The standard InChI is InChI=1S/C24H23Cl2F3N6O4/c1-4-17(36)32-13-8-39-9-14(13)34-23-30-7-11-5-12(33-22(21(11)35-23)31-10-24(27,28)29)18-19(25)15(37-2)6-16(38-3)20(18)26/h4-7,13-14H,1,8-10H2,2-3H3,(H,31,33)(H,32,36)(H,30,34,35). The van der Waals surface area contributed by atoms with Gasteiger partial charge in [-0.25, -0.2) is 15.0 Å². The minimum absolute atomic E-state index is 0.0879. The van der Waals surface area contributed by atoms with Crippen molar-refractivity contribution in [2.45, 2.75) is 18.3 Å². The summed E-state index contributed by atoms with van der Waals surface area (Å²) < 4.78 is 55.5. The van der Waals surface area contributed by atoms with Crippen LogP contribution in [0.5, 0.6) is 11.5 Å². The van der Waals surface area contributed by atoms with Crippen LogP contribution in [0.15, 0.2) is 31.0 Å². The summed E-state index contributed by atoms with van der Waals surface area (Å²) in [7, 11) is 2.79. The zero-order valence-corrected chi connectivity index (χ0v) is 22.2. The summed E-state index contributed by atoms with van der Waals surface area (Å²) >= 11 is 13.0. The number of carbonyl (C=O) groups excluding carboxylic acids is 1. The topological polar surface area (TPSA) is 120 Å². The highest BCUT2D eigenvalue weighted by atomic mass is 35.5. The highest BCUT2D eigenvalue weighted by Crippen LogP contribution is 2.46. The number of hydrogen-bond donors (Lipinski definition) is 3. The number of pyridine rings is 1. The van der Waals surface area contributed by atoms with E-state index in [4.69, 9.17) is 37.4 Å². The summed E-state index contributed by atoms with van der Waals surface area (Å²) in [5, 5.41) is 8.63. The molecular weight excluding hydrogens is 564 g/mol. The molecule has 15 heteroatoms. The van der Waals surface area contributed by atoms with Crippen LogP contribution in [0.1, 0.15) is 0 Å². The maximum atomic E-state index is 13.2. The number of alkyl halides is 3. The molecular formula is C24H23Cl2F3N6O4. The van der Waals surface area contributed by atoms with Gasteiger partial charge in [0.1, 0.15) is 23.6 Å². The van der Waals surface area contributed by atoms with Crippen molar-refractivity contribution in [2.24, 2.45) is 0 Å². The number of amides is 1.